The smallest absolute Gasteiger partial charge is 0.370 e. The van der Waals surface area contributed by atoms with Crippen LogP contribution >= 0.6 is 0 Å². The Balaban J connectivity index is 3.92. The number of aliphatic hydroxyl groups is 2. The van der Waals surface area contributed by atoms with Gasteiger partial charge in [-0.1, -0.05) is 12.2 Å². The van der Waals surface area contributed by atoms with Crippen molar-refractivity contribution in [1.82, 2.24) is 0 Å². The van der Waals surface area contributed by atoms with E-state index in [9.17, 15) is 4.79 Å². The monoisotopic (exact) mass is 144 g/mol. The first kappa shape index (κ1) is 8.71. The maximum atomic E-state index is 9.88. The van der Waals surface area contributed by atoms with Gasteiger partial charge in [0.15, 0.2) is 0 Å². The Morgan fingerprint density at radius 2 is 2.00 bits per heavy atom. The number of allylic oxidation sites excluding steroid dienone is 2. The van der Waals surface area contributed by atoms with Gasteiger partial charge < -0.3 is 15.3 Å². The van der Waals surface area contributed by atoms with E-state index in [1.54, 1.807) is 0 Å². The normalized spacial score (nSPS) is 12.3. The lowest BCUT2D eigenvalue weighted by Crippen LogP contribution is -1.97. The standard InChI is InChI=1S/C6H8O4/c7-4-2-1-3-5(8)6(9)10/h1-3,7-8H,4H2,(H,9,10)/b2-1+,5-3-. The van der Waals surface area contributed by atoms with Crippen molar-refractivity contribution in [1.29, 1.82) is 0 Å². The number of carboxylic acid groups (broad SMARTS) is 1. The molecule has 0 heterocycles. The predicted octanol–water partition coefficient (Wildman–Crippen LogP) is 0.0614. The van der Waals surface area contributed by atoms with E-state index in [2.05, 4.69) is 0 Å². The molecule has 0 aliphatic carbocycles. The summed E-state index contributed by atoms with van der Waals surface area (Å²) in [7, 11) is 0. The molecule has 3 N–H and O–H groups in total. The molecule has 4 nitrogen and oxygen atoms in total. The highest BCUT2D eigenvalue weighted by Gasteiger charge is 1.99. The van der Waals surface area contributed by atoms with Gasteiger partial charge in [0.05, 0.1) is 6.61 Å². The lowest BCUT2D eigenvalue weighted by molar-refractivity contribution is -0.135. The summed E-state index contributed by atoms with van der Waals surface area (Å²) in [6, 6.07) is 0. The van der Waals surface area contributed by atoms with Gasteiger partial charge in [-0.25, -0.2) is 4.79 Å². The van der Waals surface area contributed by atoms with Gasteiger partial charge in [-0.3, -0.25) is 0 Å². The van der Waals surface area contributed by atoms with Gasteiger partial charge in [-0.15, -0.1) is 0 Å². The molecule has 0 aromatic carbocycles. The molecule has 0 rings (SSSR count). The van der Waals surface area contributed by atoms with Gasteiger partial charge in [0.25, 0.3) is 0 Å². The van der Waals surface area contributed by atoms with Crippen LogP contribution in [0.3, 0.4) is 0 Å². The molecule has 0 aromatic heterocycles. The Morgan fingerprint density at radius 1 is 1.40 bits per heavy atom. The molecule has 0 atom stereocenters. The Labute approximate surface area is 57.7 Å². The highest BCUT2D eigenvalue weighted by molar-refractivity contribution is 5.83. The molecule has 0 amide bonds. The number of hydrogen-bond donors (Lipinski definition) is 3. The molecular weight excluding hydrogens is 136 g/mol. The largest absolute Gasteiger partial charge is 0.502 e. The summed E-state index contributed by atoms with van der Waals surface area (Å²) in [5, 5.41) is 24.7. The summed E-state index contributed by atoms with van der Waals surface area (Å²) in [6.45, 7) is -0.177. The van der Waals surface area contributed by atoms with Crippen molar-refractivity contribution in [2.75, 3.05) is 6.61 Å². The molecule has 0 aliphatic rings. The second-order valence-corrected chi connectivity index (χ2v) is 1.47. The van der Waals surface area contributed by atoms with Crippen molar-refractivity contribution in [3.63, 3.8) is 0 Å². The summed E-state index contributed by atoms with van der Waals surface area (Å²) in [6.07, 6.45) is 3.54. The van der Waals surface area contributed by atoms with Crippen molar-refractivity contribution >= 4 is 5.97 Å². The Kier molecular flexibility index (Phi) is 3.99. The van der Waals surface area contributed by atoms with E-state index >= 15 is 0 Å². The molecule has 0 saturated heterocycles. The van der Waals surface area contributed by atoms with Crippen molar-refractivity contribution in [2.45, 2.75) is 0 Å². The highest BCUT2D eigenvalue weighted by Crippen LogP contribution is 1.87. The summed E-state index contributed by atoms with van der Waals surface area (Å²) < 4.78 is 0. The van der Waals surface area contributed by atoms with E-state index in [0.717, 1.165) is 6.08 Å². The Bertz CT molecular complexity index is 169. The van der Waals surface area contributed by atoms with Crippen molar-refractivity contribution < 1.29 is 20.1 Å². The van der Waals surface area contributed by atoms with E-state index in [1.165, 1.54) is 12.2 Å². The SMILES string of the molecule is O=C(O)/C(O)=C/C=C/CO. The maximum Gasteiger partial charge on any atom is 0.370 e. The molecule has 4 heteroatoms. The van der Waals surface area contributed by atoms with Crippen LogP contribution in [0.25, 0.3) is 0 Å². The zero-order valence-corrected chi connectivity index (χ0v) is 5.19. The first-order valence-corrected chi connectivity index (χ1v) is 2.58. The molecule has 0 saturated carbocycles. The van der Waals surface area contributed by atoms with Gasteiger partial charge in [0, 0.05) is 0 Å². The average molecular weight is 144 g/mol. The molecule has 10 heavy (non-hydrogen) atoms. The fraction of sp³-hybridized carbons (Fsp3) is 0.167. The lowest BCUT2D eigenvalue weighted by Gasteiger charge is -1.85. The van der Waals surface area contributed by atoms with Gasteiger partial charge in [0.1, 0.15) is 0 Å². The fourth-order valence-corrected chi connectivity index (χ4v) is 0.291. The van der Waals surface area contributed by atoms with Gasteiger partial charge >= 0.3 is 5.97 Å². The van der Waals surface area contributed by atoms with E-state index in [4.69, 9.17) is 15.3 Å². The van der Waals surface area contributed by atoms with Crippen LogP contribution < -0.4 is 0 Å². The van der Waals surface area contributed by atoms with Crippen LogP contribution in [-0.4, -0.2) is 27.9 Å². The van der Waals surface area contributed by atoms with Crippen molar-refractivity contribution in [3.8, 4) is 0 Å². The third kappa shape index (κ3) is 3.68. The molecule has 56 valence electrons. The van der Waals surface area contributed by atoms with Crippen LogP contribution in [0.2, 0.25) is 0 Å². The minimum atomic E-state index is -1.39. The number of aliphatic carboxylic acids is 1. The minimum absolute atomic E-state index is 0.177. The van der Waals surface area contributed by atoms with Crippen LogP contribution in [0.4, 0.5) is 0 Å². The van der Waals surface area contributed by atoms with Crippen molar-refractivity contribution in [3.05, 3.63) is 24.0 Å². The van der Waals surface area contributed by atoms with Crippen LogP contribution in [0.1, 0.15) is 0 Å². The predicted molar refractivity (Wildman–Crippen MR) is 34.6 cm³/mol. The van der Waals surface area contributed by atoms with Gasteiger partial charge in [0.2, 0.25) is 5.76 Å². The number of carbonyl (C=O) groups is 1. The second kappa shape index (κ2) is 4.58. The third-order valence-electron chi connectivity index (χ3n) is 0.715. The van der Waals surface area contributed by atoms with Gasteiger partial charge in [-0.2, -0.15) is 0 Å². The van der Waals surface area contributed by atoms with E-state index in [1.807, 2.05) is 0 Å². The lowest BCUT2D eigenvalue weighted by atomic mass is 10.4. The summed E-state index contributed by atoms with van der Waals surface area (Å²) >= 11 is 0. The van der Waals surface area contributed by atoms with Crippen LogP contribution in [0, 0.1) is 0 Å². The molecule has 0 spiro atoms. The molecule has 0 fully saturated rings. The number of aliphatic hydroxyl groups excluding tert-OH is 2. The molecule has 0 aromatic rings. The quantitative estimate of drug-likeness (QED) is 0.297. The van der Waals surface area contributed by atoms with Crippen LogP contribution in [0.15, 0.2) is 24.0 Å². The number of rotatable bonds is 3. The zero-order valence-electron chi connectivity index (χ0n) is 5.19. The molecule has 0 bridgehead atoms. The number of hydrogen-bond acceptors (Lipinski definition) is 3. The molecule has 0 aliphatic heterocycles. The first-order chi connectivity index (χ1) is 4.68. The summed E-state index contributed by atoms with van der Waals surface area (Å²) in [4.78, 5) is 9.88. The van der Waals surface area contributed by atoms with E-state index in [0.29, 0.717) is 0 Å². The Hall–Kier alpha value is -1.29. The Morgan fingerprint density at radius 3 is 2.40 bits per heavy atom. The molecule has 0 radical (unpaired) electrons. The summed E-state index contributed by atoms with van der Waals surface area (Å²) in [5.41, 5.74) is 0. The first-order valence-electron chi connectivity index (χ1n) is 2.58. The van der Waals surface area contributed by atoms with Crippen LogP contribution in [-0.2, 0) is 4.79 Å². The highest BCUT2D eigenvalue weighted by atomic mass is 16.4. The maximum absolute atomic E-state index is 9.88. The van der Waals surface area contributed by atoms with E-state index < -0.39 is 11.7 Å². The van der Waals surface area contributed by atoms with Crippen LogP contribution in [0.5, 0.6) is 0 Å². The van der Waals surface area contributed by atoms with Gasteiger partial charge in [-0.05, 0) is 6.08 Å². The molecular formula is C6H8O4. The number of carboxylic acids is 1. The van der Waals surface area contributed by atoms with Crippen molar-refractivity contribution in [2.24, 2.45) is 0 Å². The van der Waals surface area contributed by atoms with E-state index in [-0.39, 0.29) is 6.61 Å². The fourth-order valence-electron chi connectivity index (χ4n) is 0.291. The average Bonchev–Trinajstić information content (AvgIpc) is 1.88. The third-order valence-corrected chi connectivity index (χ3v) is 0.715. The summed E-state index contributed by atoms with van der Waals surface area (Å²) in [5.74, 6) is -2.13. The molecule has 0 unspecified atom stereocenters. The minimum Gasteiger partial charge on any atom is -0.502 e. The second-order valence-electron chi connectivity index (χ2n) is 1.47. The zero-order chi connectivity index (χ0) is 7.98. The topological polar surface area (TPSA) is 77.8 Å².